The number of nitrogens with one attached hydrogen (secondary N) is 1. The average Bonchev–Trinajstić information content (AvgIpc) is 2.41. The van der Waals surface area contributed by atoms with E-state index in [1.165, 1.54) is 25.7 Å². The summed E-state index contributed by atoms with van der Waals surface area (Å²) in [5.74, 6) is 2.55. The van der Waals surface area contributed by atoms with Crippen molar-refractivity contribution in [3.05, 3.63) is 24.3 Å². The molecule has 2 heteroatoms. The number of ether oxygens (including phenoxy) is 1. The first-order chi connectivity index (χ1) is 9.51. The highest BCUT2D eigenvalue weighted by molar-refractivity contribution is 5.46. The summed E-state index contributed by atoms with van der Waals surface area (Å²) in [4.78, 5) is 0. The molecule has 1 aromatic carbocycles. The van der Waals surface area contributed by atoms with Crippen LogP contribution in [0.4, 0.5) is 5.69 Å². The molecule has 0 saturated heterocycles. The van der Waals surface area contributed by atoms with Gasteiger partial charge in [-0.3, -0.25) is 0 Å². The number of hydrogen-bond acceptors (Lipinski definition) is 2. The molecule has 0 atom stereocenters. The Morgan fingerprint density at radius 1 is 1.10 bits per heavy atom. The molecule has 112 valence electrons. The summed E-state index contributed by atoms with van der Waals surface area (Å²) in [6.45, 7) is 9.91. The molecule has 0 spiro atoms. The van der Waals surface area contributed by atoms with Gasteiger partial charge in [-0.25, -0.2) is 0 Å². The van der Waals surface area contributed by atoms with E-state index in [9.17, 15) is 0 Å². The van der Waals surface area contributed by atoms with Gasteiger partial charge in [-0.1, -0.05) is 19.8 Å². The SMILES string of the molecule is CCNc1ccc(OC(C)(C)C2CCC(C)CC2)cc1. The number of anilines is 1. The van der Waals surface area contributed by atoms with Crippen LogP contribution in [0.2, 0.25) is 0 Å². The van der Waals surface area contributed by atoms with Crippen LogP contribution in [-0.2, 0) is 0 Å². The molecule has 1 aliphatic carbocycles. The highest BCUT2D eigenvalue weighted by Crippen LogP contribution is 2.37. The molecule has 0 aromatic heterocycles. The molecule has 1 aliphatic rings. The Balaban J connectivity index is 1.96. The van der Waals surface area contributed by atoms with Crippen molar-refractivity contribution < 1.29 is 4.74 Å². The lowest BCUT2D eigenvalue weighted by Crippen LogP contribution is -2.39. The first-order valence-electron chi connectivity index (χ1n) is 8.04. The quantitative estimate of drug-likeness (QED) is 0.807. The van der Waals surface area contributed by atoms with Crippen LogP contribution in [0.3, 0.4) is 0 Å². The van der Waals surface area contributed by atoms with Crippen molar-refractivity contribution in [2.24, 2.45) is 11.8 Å². The third kappa shape index (κ3) is 3.91. The smallest absolute Gasteiger partial charge is 0.120 e. The van der Waals surface area contributed by atoms with E-state index in [-0.39, 0.29) is 5.60 Å². The highest BCUT2D eigenvalue weighted by atomic mass is 16.5. The van der Waals surface area contributed by atoms with E-state index >= 15 is 0 Å². The maximum atomic E-state index is 6.28. The largest absolute Gasteiger partial charge is 0.488 e. The third-order valence-electron chi connectivity index (χ3n) is 4.62. The molecule has 1 N–H and O–H groups in total. The fourth-order valence-electron chi connectivity index (χ4n) is 3.19. The van der Waals surface area contributed by atoms with Crippen molar-refractivity contribution in [1.29, 1.82) is 0 Å². The monoisotopic (exact) mass is 275 g/mol. The highest BCUT2D eigenvalue weighted by Gasteiger charge is 2.33. The van der Waals surface area contributed by atoms with E-state index in [1.54, 1.807) is 0 Å². The summed E-state index contributed by atoms with van der Waals surface area (Å²) >= 11 is 0. The molecule has 0 aliphatic heterocycles. The Bertz CT molecular complexity index is 402. The minimum absolute atomic E-state index is 0.0696. The normalized spacial score (nSPS) is 23.4. The summed E-state index contributed by atoms with van der Waals surface area (Å²) in [7, 11) is 0. The Hall–Kier alpha value is -1.18. The van der Waals surface area contributed by atoms with Gasteiger partial charge in [0.2, 0.25) is 0 Å². The van der Waals surface area contributed by atoms with E-state index in [4.69, 9.17) is 4.74 Å². The van der Waals surface area contributed by atoms with E-state index < -0.39 is 0 Å². The Labute approximate surface area is 123 Å². The summed E-state index contributed by atoms with van der Waals surface area (Å²) < 4.78 is 6.28. The van der Waals surface area contributed by atoms with Crippen LogP contribution in [0, 0.1) is 11.8 Å². The second-order valence-corrected chi connectivity index (χ2v) is 6.72. The fraction of sp³-hybridized carbons (Fsp3) is 0.667. The molecular weight excluding hydrogens is 246 g/mol. The molecule has 2 rings (SSSR count). The Kier molecular flexibility index (Phi) is 4.95. The topological polar surface area (TPSA) is 21.3 Å². The molecule has 2 nitrogen and oxygen atoms in total. The molecule has 20 heavy (non-hydrogen) atoms. The van der Waals surface area contributed by atoms with Crippen LogP contribution < -0.4 is 10.1 Å². The Morgan fingerprint density at radius 3 is 2.25 bits per heavy atom. The second-order valence-electron chi connectivity index (χ2n) is 6.72. The molecule has 0 bridgehead atoms. The zero-order valence-electron chi connectivity index (χ0n) is 13.4. The van der Waals surface area contributed by atoms with E-state index in [0.29, 0.717) is 5.92 Å². The summed E-state index contributed by atoms with van der Waals surface area (Å²) in [5.41, 5.74) is 1.09. The maximum absolute atomic E-state index is 6.28. The number of rotatable bonds is 5. The molecule has 0 unspecified atom stereocenters. The summed E-state index contributed by atoms with van der Waals surface area (Å²) in [5, 5.41) is 3.31. The third-order valence-corrected chi connectivity index (χ3v) is 4.62. The van der Waals surface area contributed by atoms with Gasteiger partial charge in [0.15, 0.2) is 0 Å². The predicted molar refractivity (Wildman–Crippen MR) is 86.4 cm³/mol. The van der Waals surface area contributed by atoms with Crippen molar-refractivity contribution >= 4 is 5.69 Å². The van der Waals surface area contributed by atoms with Crippen LogP contribution in [0.25, 0.3) is 0 Å². The molecule has 0 amide bonds. The van der Waals surface area contributed by atoms with Crippen molar-refractivity contribution in [3.8, 4) is 5.75 Å². The standard InChI is InChI=1S/C18H29NO/c1-5-19-16-10-12-17(13-11-16)20-18(3,4)15-8-6-14(2)7-9-15/h10-15,19H,5-9H2,1-4H3. The van der Waals surface area contributed by atoms with Gasteiger partial charge in [-0.2, -0.15) is 0 Å². The molecule has 0 heterocycles. The van der Waals surface area contributed by atoms with Crippen LogP contribution >= 0.6 is 0 Å². The first-order valence-corrected chi connectivity index (χ1v) is 8.04. The first kappa shape index (κ1) is 15.2. The second kappa shape index (κ2) is 6.51. The van der Waals surface area contributed by atoms with Crippen molar-refractivity contribution in [1.82, 2.24) is 0 Å². The van der Waals surface area contributed by atoms with Crippen molar-refractivity contribution in [3.63, 3.8) is 0 Å². The van der Waals surface area contributed by atoms with Gasteiger partial charge in [-0.05, 0) is 69.7 Å². The fourth-order valence-corrected chi connectivity index (χ4v) is 3.19. The number of hydrogen-bond donors (Lipinski definition) is 1. The lowest BCUT2D eigenvalue weighted by molar-refractivity contribution is 0.0188. The van der Waals surface area contributed by atoms with Gasteiger partial charge < -0.3 is 10.1 Å². The lowest BCUT2D eigenvalue weighted by Gasteiger charge is -2.38. The predicted octanol–water partition coefficient (Wildman–Crippen LogP) is 5.10. The number of benzene rings is 1. The van der Waals surface area contributed by atoms with Gasteiger partial charge in [0.05, 0.1) is 0 Å². The minimum atomic E-state index is -0.0696. The molecular formula is C18H29NO. The summed E-state index contributed by atoms with van der Waals surface area (Å²) in [6, 6.07) is 8.34. The van der Waals surface area contributed by atoms with Crippen LogP contribution in [0.5, 0.6) is 5.75 Å². The van der Waals surface area contributed by atoms with E-state index in [2.05, 4.69) is 57.3 Å². The van der Waals surface area contributed by atoms with Crippen molar-refractivity contribution in [2.45, 2.75) is 59.0 Å². The molecule has 1 aromatic rings. The van der Waals surface area contributed by atoms with Gasteiger partial charge in [0.25, 0.3) is 0 Å². The zero-order chi connectivity index (χ0) is 14.6. The lowest BCUT2D eigenvalue weighted by atomic mass is 9.75. The van der Waals surface area contributed by atoms with E-state index in [0.717, 1.165) is 23.9 Å². The van der Waals surface area contributed by atoms with Crippen LogP contribution in [-0.4, -0.2) is 12.1 Å². The van der Waals surface area contributed by atoms with Crippen LogP contribution in [0.15, 0.2) is 24.3 Å². The van der Waals surface area contributed by atoms with Crippen LogP contribution in [0.1, 0.15) is 53.4 Å². The molecule has 1 fully saturated rings. The minimum Gasteiger partial charge on any atom is -0.488 e. The molecule has 0 radical (unpaired) electrons. The molecule has 1 saturated carbocycles. The Morgan fingerprint density at radius 2 is 1.70 bits per heavy atom. The van der Waals surface area contributed by atoms with Gasteiger partial charge in [-0.15, -0.1) is 0 Å². The van der Waals surface area contributed by atoms with Gasteiger partial charge >= 0.3 is 0 Å². The average molecular weight is 275 g/mol. The zero-order valence-corrected chi connectivity index (χ0v) is 13.4. The van der Waals surface area contributed by atoms with Crippen molar-refractivity contribution in [2.75, 3.05) is 11.9 Å². The maximum Gasteiger partial charge on any atom is 0.120 e. The van der Waals surface area contributed by atoms with E-state index in [1.807, 2.05) is 0 Å². The summed E-state index contributed by atoms with van der Waals surface area (Å²) in [6.07, 6.45) is 5.28. The van der Waals surface area contributed by atoms with Gasteiger partial charge in [0, 0.05) is 12.2 Å². The van der Waals surface area contributed by atoms with Gasteiger partial charge in [0.1, 0.15) is 11.4 Å².